The lowest BCUT2D eigenvalue weighted by atomic mass is 10.1. The molecule has 24 heavy (non-hydrogen) atoms. The first-order valence-electron chi connectivity index (χ1n) is 7.95. The number of para-hydroxylation sites is 1. The smallest absolute Gasteiger partial charge is 0.249 e. The first-order valence-corrected chi connectivity index (χ1v) is 7.95. The molecule has 4 heteroatoms. The number of pyridine rings is 1. The molecule has 0 unspecified atom stereocenters. The number of nitrogens with zero attached hydrogens (tertiary/aromatic N) is 2. The molecule has 2 aromatic carbocycles. The highest BCUT2D eigenvalue weighted by molar-refractivity contribution is 6.17. The number of rotatable bonds is 4. The topological polar surface area (TPSA) is 60.9 Å². The number of nitrogens with two attached hydrogens (primary N) is 1. The van der Waals surface area contributed by atoms with Crippen molar-refractivity contribution in [2.75, 3.05) is 0 Å². The number of primary amides is 1. The number of hydrogen-bond donors (Lipinski definition) is 1. The minimum absolute atomic E-state index is 0.395. The van der Waals surface area contributed by atoms with Crippen LogP contribution in [-0.4, -0.2) is 15.5 Å². The predicted molar refractivity (Wildman–Crippen MR) is 95.9 cm³/mol. The molecule has 0 aliphatic carbocycles. The largest absolute Gasteiger partial charge is 0.366 e. The molecule has 4 nitrogen and oxygen atoms in total. The van der Waals surface area contributed by atoms with Gasteiger partial charge in [-0.25, -0.2) is 0 Å². The number of carbonyl (C=O) groups excluding carboxylic acids is 1. The van der Waals surface area contributed by atoms with Gasteiger partial charge < -0.3 is 10.3 Å². The minimum Gasteiger partial charge on any atom is -0.366 e. The van der Waals surface area contributed by atoms with Gasteiger partial charge in [0.25, 0.3) is 0 Å². The first-order chi connectivity index (χ1) is 11.8. The molecule has 0 saturated carbocycles. The van der Waals surface area contributed by atoms with E-state index in [1.54, 1.807) is 6.07 Å². The molecule has 0 fully saturated rings. The summed E-state index contributed by atoms with van der Waals surface area (Å²) in [6, 6.07) is 19.8. The highest BCUT2D eigenvalue weighted by atomic mass is 16.1. The van der Waals surface area contributed by atoms with Crippen LogP contribution in [0.3, 0.4) is 0 Å². The first kappa shape index (κ1) is 14.5. The van der Waals surface area contributed by atoms with E-state index < -0.39 is 5.91 Å². The fourth-order valence-corrected chi connectivity index (χ4v) is 3.32. The van der Waals surface area contributed by atoms with Crippen molar-refractivity contribution in [3.05, 3.63) is 78.1 Å². The molecule has 0 saturated heterocycles. The number of amides is 1. The third kappa shape index (κ3) is 2.33. The van der Waals surface area contributed by atoms with E-state index in [9.17, 15) is 4.79 Å². The van der Waals surface area contributed by atoms with Crippen molar-refractivity contribution >= 4 is 27.7 Å². The fraction of sp³-hybridized carbons (Fsp3) is 0.100. The number of aromatic nitrogens is 2. The lowest BCUT2D eigenvalue weighted by Gasteiger charge is -2.07. The second kappa shape index (κ2) is 5.81. The van der Waals surface area contributed by atoms with Crippen molar-refractivity contribution in [2.45, 2.75) is 13.0 Å². The third-order valence-corrected chi connectivity index (χ3v) is 4.38. The maximum Gasteiger partial charge on any atom is 0.249 e. The number of hydrogen-bond acceptors (Lipinski definition) is 2. The van der Waals surface area contributed by atoms with E-state index in [4.69, 9.17) is 5.73 Å². The predicted octanol–water partition coefficient (Wildman–Crippen LogP) is 3.53. The quantitative estimate of drug-likeness (QED) is 0.626. The molecule has 0 aliphatic heterocycles. The zero-order valence-electron chi connectivity index (χ0n) is 13.1. The zero-order valence-corrected chi connectivity index (χ0v) is 13.1. The molecule has 0 spiro atoms. The van der Waals surface area contributed by atoms with E-state index >= 15 is 0 Å². The van der Waals surface area contributed by atoms with Gasteiger partial charge in [0.15, 0.2) is 0 Å². The van der Waals surface area contributed by atoms with Crippen molar-refractivity contribution in [3.8, 4) is 0 Å². The summed E-state index contributed by atoms with van der Waals surface area (Å²) in [6.45, 7) is 0.795. The van der Waals surface area contributed by atoms with Crippen LogP contribution >= 0.6 is 0 Å². The van der Waals surface area contributed by atoms with Crippen molar-refractivity contribution in [1.82, 2.24) is 9.55 Å². The van der Waals surface area contributed by atoms with Gasteiger partial charge in [-0.15, -0.1) is 0 Å². The van der Waals surface area contributed by atoms with Crippen LogP contribution < -0.4 is 5.73 Å². The van der Waals surface area contributed by atoms with Crippen LogP contribution in [0.25, 0.3) is 21.8 Å². The summed E-state index contributed by atoms with van der Waals surface area (Å²) >= 11 is 0. The molecule has 4 rings (SSSR count). The number of fused-ring (bicyclic) bond motifs is 3. The van der Waals surface area contributed by atoms with E-state index in [1.807, 2.05) is 54.7 Å². The van der Waals surface area contributed by atoms with Crippen LogP contribution in [0, 0.1) is 0 Å². The van der Waals surface area contributed by atoms with Crippen LogP contribution in [0.15, 0.2) is 66.9 Å². The Morgan fingerprint density at radius 2 is 1.75 bits per heavy atom. The molecule has 118 valence electrons. The van der Waals surface area contributed by atoms with Crippen molar-refractivity contribution < 1.29 is 4.79 Å². The van der Waals surface area contributed by atoms with Gasteiger partial charge in [0.2, 0.25) is 5.91 Å². The Morgan fingerprint density at radius 3 is 2.54 bits per heavy atom. The van der Waals surface area contributed by atoms with E-state index in [2.05, 4.69) is 15.6 Å². The van der Waals surface area contributed by atoms with Gasteiger partial charge in [-0.2, -0.15) is 0 Å². The standard InChI is InChI=1S/C20H17N3O/c21-20(24)16-8-5-10-18-19(16)15-7-1-2-9-17(15)23(18)13-11-14-6-3-4-12-22-14/h1-10,12H,11,13H2,(H2,21,24). The van der Waals surface area contributed by atoms with Gasteiger partial charge >= 0.3 is 0 Å². The van der Waals surface area contributed by atoms with Crippen LogP contribution in [0.4, 0.5) is 0 Å². The lowest BCUT2D eigenvalue weighted by molar-refractivity contribution is 0.100. The van der Waals surface area contributed by atoms with Gasteiger partial charge in [-0.3, -0.25) is 9.78 Å². The second-order valence-corrected chi connectivity index (χ2v) is 5.80. The average Bonchev–Trinajstić information content (AvgIpc) is 2.94. The highest BCUT2D eigenvalue weighted by Crippen LogP contribution is 2.31. The Kier molecular flexibility index (Phi) is 3.50. The summed E-state index contributed by atoms with van der Waals surface area (Å²) in [5, 5.41) is 1.99. The Morgan fingerprint density at radius 1 is 0.958 bits per heavy atom. The summed E-state index contributed by atoms with van der Waals surface area (Å²) in [4.78, 5) is 16.2. The number of aryl methyl sites for hydroxylation is 2. The molecule has 1 amide bonds. The van der Waals surface area contributed by atoms with Gasteiger partial charge in [0, 0.05) is 52.2 Å². The van der Waals surface area contributed by atoms with Crippen LogP contribution in [0.5, 0.6) is 0 Å². The molecule has 0 aliphatic rings. The van der Waals surface area contributed by atoms with E-state index in [1.165, 1.54) is 0 Å². The monoisotopic (exact) mass is 315 g/mol. The molecule has 0 bridgehead atoms. The second-order valence-electron chi connectivity index (χ2n) is 5.80. The molecule has 0 radical (unpaired) electrons. The molecular weight excluding hydrogens is 298 g/mol. The normalized spacial score (nSPS) is 11.2. The van der Waals surface area contributed by atoms with Crippen LogP contribution in [0.2, 0.25) is 0 Å². The molecule has 0 atom stereocenters. The van der Waals surface area contributed by atoms with Crippen molar-refractivity contribution in [3.63, 3.8) is 0 Å². The van der Waals surface area contributed by atoms with Gasteiger partial charge in [-0.1, -0.05) is 30.3 Å². The Labute approximate surface area is 139 Å². The molecule has 2 N–H and O–H groups in total. The Hall–Kier alpha value is -3.14. The Balaban J connectivity index is 1.90. The molecule has 2 aromatic heterocycles. The van der Waals surface area contributed by atoms with E-state index in [0.717, 1.165) is 40.5 Å². The average molecular weight is 315 g/mol. The third-order valence-electron chi connectivity index (χ3n) is 4.38. The van der Waals surface area contributed by atoms with Crippen LogP contribution in [0.1, 0.15) is 16.1 Å². The summed E-state index contributed by atoms with van der Waals surface area (Å²) in [7, 11) is 0. The van der Waals surface area contributed by atoms with Crippen molar-refractivity contribution in [1.29, 1.82) is 0 Å². The fourth-order valence-electron chi connectivity index (χ4n) is 3.32. The summed E-state index contributed by atoms with van der Waals surface area (Å²) in [6.07, 6.45) is 2.64. The lowest BCUT2D eigenvalue weighted by Crippen LogP contribution is -2.11. The van der Waals surface area contributed by atoms with Gasteiger partial charge in [0.05, 0.1) is 0 Å². The minimum atomic E-state index is -0.395. The summed E-state index contributed by atoms with van der Waals surface area (Å²) in [5.41, 5.74) is 9.35. The van der Waals surface area contributed by atoms with E-state index in [0.29, 0.717) is 5.56 Å². The van der Waals surface area contributed by atoms with Gasteiger partial charge in [-0.05, 0) is 30.3 Å². The van der Waals surface area contributed by atoms with Crippen molar-refractivity contribution in [2.24, 2.45) is 5.73 Å². The molecular formula is C20H17N3O. The molecule has 4 aromatic rings. The van der Waals surface area contributed by atoms with E-state index in [-0.39, 0.29) is 0 Å². The summed E-state index contributed by atoms with van der Waals surface area (Å²) in [5.74, 6) is -0.395. The number of benzene rings is 2. The highest BCUT2D eigenvalue weighted by Gasteiger charge is 2.15. The zero-order chi connectivity index (χ0) is 16.5. The van der Waals surface area contributed by atoms with Crippen LogP contribution in [-0.2, 0) is 13.0 Å². The van der Waals surface area contributed by atoms with Gasteiger partial charge in [0.1, 0.15) is 0 Å². The molecule has 2 heterocycles. The number of carbonyl (C=O) groups is 1. The SMILES string of the molecule is NC(=O)c1cccc2c1c1ccccc1n2CCc1ccccn1. The maximum atomic E-state index is 11.9. The summed E-state index contributed by atoms with van der Waals surface area (Å²) < 4.78 is 2.24. The Bertz CT molecular complexity index is 1030. The maximum absolute atomic E-state index is 11.9.